The lowest BCUT2D eigenvalue weighted by Crippen LogP contribution is -2.38. The summed E-state index contributed by atoms with van der Waals surface area (Å²) in [6.07, 6.45) is 4.26. The third kappa shape index (κ3) is 3.93. The molecule has 142 valence electrons. The zero-order valence-corrected chi connectivity index (χ0v) is 15.4. The molecule has 3 N–H and O–H groups in total. The van der Waals surface area contributed by atoms with E-state index in [4.69, 9.17) is 9.39 Å². The average molecular weight is 377 g/mol. The first-order valence-electron chi connectivity index (χ1n) is 9.14. The summed E-state index contributed by atoms with van der Waals surface area (Å²) >= 11 is 0. The average Bonchev–Trinajstić information content (AvgIpc) is 2.71. The molecule has 28 heavy (non-hydrogen) atoms. The van der Waals surface area contributed by atoms with Gasteiger partial charge in [0.05, 0.1) is 24.6 Å². The number of fused-ring (bicyclic) bond motifs is 1. The molecular formula is C19H20BN5O3. The molecule has 8 nitrogen and oxygen atoms in total. The van der Waals surface area contributed by atoms with E-state index in [9.17, 15) is 10.3 Å². The predicted octanol–water partition coefficient (Wildman–Crippen LogP) is 2.29. The first-order valence-corrected chi connectivity index (χ1v) is 9.14. The van der Waals surface area contributed by atoms with E-state index in [1.165, 1.54) is 0 Å². The van der Waals surface area contributed by atoms with E-state index in [1.54, 1.807) is 18.2 Å². The van der Waals surface area contributed by atoms with Crippen LogP contribution in [0.2, 0.25) is 0 Å². The number of aromatic nitrogens is 2. The summed E-state index contributed by atoms with van der Waals surface area (Å²) in [5.74, 6) is 3.21. The molecule has 0 unspecified atom stereocenters. The minimum Gasteiger partial charge on any atom is -0.532 e. The van der Waals surface area contributed by atoms with Crippen molar-refractivity contribution in [2.45, 2.75) is 19.4 Å². The molecule has 0 amide bonds. The Morgan fingerprint density at radius 1 is 1.39 bits per heavy atom. The van der Waals surface area contributed by atoms with Crippen molar-refractivity contribution in [3.8, 4) is 11.8 Å². The van der Waals surface area contributed by atoms with E-state index in [-0.39, 0.29) is 12.0 Å². The number of aryl methyl sites for hydroxylation is 1. The monoisotopic (exact) mass is 377 g/mol. The van der Waals surface area contributed by atoms with Crippen molar-refractivity contribution in [1.82, 2.24) is 9.97 Å². The number of benzene rings is 1. The number of nitrogens with zero attached hydrogens (tertiary/aromatic N) is 3. The van der Waals surface area contributed by atoms with Gasteiger partial charge in [-0.25, -0.2) is 4.98 Å². The van der Waals surface area contributed by atoms with Crippen LogP contribution < -0.4 is 15.3 Å². The fourth-order valence-electron chi connectivity index (χ4n) is 3.21. The van der Waals surface area contributed by atoms with E-state index >= 15 is 0 Å². The molecule has 1 aromatic carbocycles. The molecule has 9 heteroatoms. The van der Waals surface area contributed by atoms with Crippen LogP contribution in [0.5, 0.6) is 5.75 Å². The molecule has 0 radical (unpaired) electrons. The third-order valence-electron chi connectivity index (χ3n) is 4.77. The number of hydrogen-bond acceptors (Lipinski definition) is 8. The highest BCUT2D eigenvalue weighted by Gasteiger charge is 2.26. The Kier molecular flexibility index (Phi) is 5.15. The topological polar surface area (TPSA) is 112 Å². The molecule has 2 aliphatic rings. The quantitative estimate of drug-likeness (QED) is 0.696. The second kappa shape index (κ2) is 7.88. The summed E-state index contributed by atoms with van der Waals surface area (Å²) in [7, 11) is -0.915. The van der Waals surface area contributed by atoms with Crippen molar-refractivity contribution in [2.24, 2.45) is 5.92 Å². The molecule has 2 aliphatic heterocycles. The van der Waals surface area contributed by atoms with Crippen LogP contribution in [0.1, 0.15) is 17.5 Å². The highest BCUT2D eigenvalue weighted by atomic mass is 16.5. The SMILES string of the molecule is Cc1cnc(Nc2ccc3c(c2)C=CB(O)O3)nc1N[C@H]1COCC[C@@H]1C#N. The minimum absolute atomic E-state index is 0.0994. The zero-order chi connectivity index (χ0) is 19.5. The van der Waals surface area contributed by atoms with Gasteiger partial charge in [-0.2, -0.15) is 10.2 Å². The van der Waals surface area contributed by atoms with Crippen LogP contribution in [0.4, 0.5) is 17.5 Å². The molecule has 1 fully saturated rings. The Labute approximate surface area is 163 Å². The van der Waals surface area contributed by atoms with Crippen LogP contribution in [0.3, 0.4) is 0 Å². The van der Waals surface area contributed by atoms with Crippen molar-refractivity contribution < 1.29 is 14.4 Å². The first-order chi connectivity index (χ1) is 13.6. The molecular weight excluding hydrogens is 357 g/mol. The molecule has 0 aliphatic carbocycles. The molecule has 3 heterocycles. The van der Waals surface area contributed by atoms with E-state index in [0.717, 1.165) is 16.8 Å². The zero-order valence-electron chi connectivity index (χ0n) is 15.4. The number of nitrogens with one attached hydrogen (secondary N) is 2. The second-order valence-corrected chi connectivity index (χ2v) is 6.82. The number of hydrogen-bond donors (Lipinski definition) is 3. The van der Waals surface area contributed by atoms with Crippen LogP contribution in [-0.2, 0) is 4.74 Å². The van der Waals surface area contributed by atoms with Gasteiger partial charge in [0.25, 0.3) is 0 Å². The summed E-state index contributed by atoms with van der Waals surface area (Å²) in [6, 6.07) is 7.76. The summed E-state index contributed by atoms with van der Waals surface area (Å²) in [5, 5.41) is 25.4. The van der Waals surface area contributed by atoms with Gasteiger partial charge in [-0.15, -0.1) is 0 Å². The van der Waals surface area contributed by atoms with Crippen LogP contribution in [0.25, 0.3) is 6.08 Å². The minimum atomic E-state index is -0.915. The molecule has 0 saturated carbocycles. The lowest BCUT2D eigenvalue weighted by atomic mass is 9.86. The van der Waals surface area contributed by atoms with Gasteiger partial charge in [-0.1, -0.05) is 6.08 Å². The van der Waals surface area contributed by atoms with Gasteiger partial charge >= 0.3 is 7.12 Å². The summed E-state index contributed by atoms with van der Waals surface area (Å²) in [5.41, 5.74) is 2.55. The van der Waals surface area contributed by atoms with Crippen LogP contribution in [0.15, 0.2) is 30.4 Å². The molecule has 0 spiro atoms. The molecule has 0 bridgehead atoms. The molecule has 4 rings (SSSR count). The lowest BCUT2D eigenvalue weighted by molar-refractivity contribution is 0.0698. The van der Waals surface area contributed by atoms with Crippen molar-refractivity contribution >= 4 is 30.6 Å². The summed E-state index contributed by atoms with van der Waals surface area (Å²) in [6.45, 7) is 3.01. The van der Waals surface area contributed by atoms with Crippen molar-refractivity contribution in [3.63, 3.8) is 0 Å². The Balaban J connectivity index is 1.52. The maximum absolute atomic E-state index is 9.51. The van der Waals surface area contributed by atoms with Gasteiger partial charge < -0.3 is 25.0 Å². The van der Waals surface area contributed by atoms with Crippen molar-refractivity contribution in [2.75, 3.05) is 23.8 Å². The number of anilines is 3. The highest BCUT2D eigenvalue weighted by Crippen LogP contribution is 2.29. The Morgan fingerprint density at radius 2 is 2.29 bits per heavy atom. The normalized spacial score (nSPS) is 20.7. The highest BCUT2D eigenvalue weighted by molar-refractivity contribution is 6.51. The van der Waals surface area contributed by atoms with Gasteiger partial charge in [-0.3, -0.25) is 0 Å². The van der Waals surface area contributed by atoms with Gasteiger partial charge in [-0.05, 0) is 37.5 Å². The molecule has 2 aromatic rings. The van der Waals surface area contributed by atoms with Crippen LogP contribution in [-0.4, -0.2) is 41.4 Å². The van der Waals surface area contributed by atoms with Crippen molar-refractivity contribution in [1.29, 1.82) is 5.26 Å². The number of ether oxygens (including phenoxy) is 1. The molecule has 2 atom stereocenters. The van der Waals surface area contributed by atoms with E-state index in [2.05, 4.69) is 26.7 Å². The second-order valence-electron chi connectivity index (χ2n) is 6.82. The van der Waals surface area contributed by atoms with E-state index < -0.39 is 7.12 Å². The predicted molar refractivity (Wildman–Crippen MR) is 106 cm³/mol. The summed E-state index contributed by atoms with van der Waals surface area (Å²) < 4.78 is 10.8. The van der Waals surface area contributed by atoms with Crippen LogP contribution in [0, 0.1) is 24.2 Å². The summed E-state index contributed by atoms with van der Waals surface area (Å²) in [4.78, 5) is 8.91. The largest absolute Gasteiger partial charge is 0.552 e. The molecule has 1 aromatic heterocycles. The standard InChI is InChI=1S/C19H20BN5O3/c1-12-10-22-19(25-18(12)24-16-11-27-7-5-14(16)9-21)23-15-2-3-17-13(8-15)4-6-20(26)28-17/h2-4,6,8,10,14,16,26H,5,7,11H2,1H3,(H2,22,23,24,25)/t14-,16+/m1/s1. The van der Waals surface area contributed by atoms with Gasteiger partial charge in [0.1, 0.15) is 11.6 Å². The Bertz CT molecular complexity index is 946. The third-order valence-corrected chi connectivity index (χ3v) is 4.77. The van der Waals surface area contributed by atoms with Crippen LogP contribution >= 0.6 is 0 Å². The fourth-order valence-corrected chi connectivity index (χ4v) is 3.21. The van der Waals surface area contributed by atoms with Gasteiger partial charge in [0.2, 0.25) is 5.95 Å². The van der Waals surface area contributed by atoms with E-state index in [1.807, 2.05) is 25.1 Å². The Hall–Kier alpha value is -3.09. The van der Waals surface area contributed by atoms with Crippen molar-refractivity contribution in [3.05, 3.63) is 41.5 Å². The first kappa shape index (κ1) is 18.3. The maximum Gasteiger partial charge on any atom is 0.552 e. The molecule has 1 saturated heterocycles. The smallest absolute Gasteiger partial charge is 0.532 e. The van der Waals surface area contributed by atoms with Gasteiger partial charge in [0.15, 0.2) is 0 Å². The lowest BCUT2D eigenvalue weighted by Gasteiger charge is -2.28. The fraction of sp³-hybridized carbons (Fsp3) is 0.316. The number of rotatable bonds is 4. The number of nitriles is 1. The Morgan fingerprint density at radius 3 is 3.14 bits per heavy atom. The van der Waals surface area contributed by atoms with Gasteiger partial charge in [0, 0.05) is 29.6 Å². The van der Waals surface area contributed by atoms with E-state index in [0.29, 0.717) is 37.2 Å². The maximum atomic E-state index is 9.51.